The number of anilines is 1. The van der Waals surface area contributed by atoms with Gasteiger partial charge in [0.2, 0.25) is 0 Å². The lowest BCUT2D eigenvalue weighted by molar-refractivity contribution is 0.601. The smallest absolute Gasteiger partial charge is 0.177 e. The van der Waals surface area contributed by atoms with Gasteiger partial charge in [-0.25, -0.2) is 8.42 Å². The van der Waals surface area contributed by atoms with Crippen LogP contribution in [0.5, 0.6) is 0 Å². The van der Waals surface area contributed by atoms with Crippen LogP contribution in [0.25, 0.3) is 0 Å². The van der Waals surface area contributed by atoms with Crippen LogP contribution in [0, 0.1) is 0 Å². The summed E-state index contributed by atoms with van der Waals surface area (Å²) in [4.78, 5) is 0.378. The van der Waals surface area contributed by atoms with E-state index in [2.05, 4.69) is 19.2 Å². The summed E-state index contributed by atoms with van der Waals surface area (Å²) in [5.74, 6) is 0. The van der Waals surface area contributed by atoms with E-state index in [4.69, 9.17) is 0 Å². The number of para-hydroxylation sites is 1. The van der Waals surface area contributed by atoms with E-state index in [9.17, 15) is 8.42 Å². The van der Waals surface area contributed by atoms with Gasteiger partial charge in [-0.2, -0.15) is 0 Å². The minimum absolute atomic E-state index is 0.290. The molecule has 1 N–H and O–H groups in total. The lowest BCUT2D eigenvalue weighted by Gasteiger charge is -2.17. The Balaban J connectivity index is 2.84. The van der Waals surface area contributed by atoms with Crippen molar-refractivity contribution in [3.8, 4) is 0 Å². The van der Waals surface area contributed by atoms with Gasteiger partial charge in [0.1, 0.15) is 0 Å². The maximum absolute atomic E-state index is 11.6. The summed E-state index contributed by atoms with van der Waals surface area (Å²) in [6.07, 6.45) is 4.59. The highest BCUT2D eigenvalue weighted by molar-refractivity contribution is 7.90. The van der Waals surface area contributed by atoms with Crippen LogP contribution in [0.15, 0.2) is 29.2 Å². The van der Waals surface area contributed by atoms with E-state index < -0.39 is 9.84 Å². The third-order valence-electron chi connectivity index (χ3n) is 2.68. The number of hydrogen-bond acceptors (Lipinski definition) is 3. The average Bonchev–Trinajstić information content (AvgIpc) is 2.25. The van der Waals surface area contributed by atoms with Crippen LogP contribution in [-0.2, 0) is 9.84 Å². The normalized spacial score (nSPS) is 13.4. The summed E-state index contributed by atoms with van der Waals surface area (Å²) in [5, 5.41) is 3.27. The van der Waals surface area contributed by atoms with Crippen LogP contribution in [0.4, 0.5) is 5.69 Å². The van der Waals surface area contributed by atoms with Crippen molar-refractivity contribution < 1.29 is 8.42 Å². The Kier molecular flexibility index (Phi) is 5.00. The zero-order valence-electron chi connectivity index (χ0n) is 10.7. The Morgan fingerprint density at radius 3 is 2.53 bits per heavy atom. The summed E-state index contributed by atoms with van der Waals surface area (Å²) >= 11 is 0. The Morgan fingerprint density at radius 1 is 1.29 bits per heavy atom. The van der Waals surface area contributed by atoms with Crippen molar-refractivity contribution >= 4 is 15.5 Å². The first-order chi connectivity index (χ1) is 7.95. The van der Waals surface area contributed by atoms with Gasteiger partial charge in [-0.3, -0.25) is 0 Å². The summed E-state index contributed by atoms with van der Waals surface area (Å²) in [6, 6.07) is 7.35. The standard InChI is InChI=1S/C13H21NO2S/c1-4-5-8-11(2)14-12-9-6-7-10-13(12)17(3,15)16/h6-7,9-11,14H,4-5,8H2,1-3H3. The molecular weight excluding hydrogens is 234 g/mol. The van der Waals surface area contributed by atoms with Crippen molar-refractivity contribution in [2.75, 3.05) is 11.6 Å². The van der Waals surface area contributed by atoms with Gasteiger partial charge < -0.3 is 5.32 Å². The average molecular weight is 255 g/mol. The molecule has 1 rings (SSSR count). The van der Waals surface area contributed by atoms with Crippen molar-refractivity contribution in [3.63, 3.8) is 0 Å². The molecule has 0 radical (unpaired) electrons. The van der Waals surface area contributed by atoms with Crippen LogP contribution in [-0.4, -0.2) is 20.7 Å². The maximum atomic E-state index is 11.6. The van der Waals surface area contributed by atoms with Crippen LogP contribution >= 0.6 is 0 Å². The largest absolute Gasteiger partial charge is 0.382 e. The van der Waals surface area contributed by atoms with Crippen molar-refractivity contribution in [1.29, 1.82) is 0 Å². The number of sulfone groups is 1. The molecule has 96 valence electrons. The molecular formula is C13H21NO2S. The van der Waals surface area contributed by atoms with E-state index in [1.165, 1.54) is 6.26 Å². The SMILES string of the molecule is CCCCC(C)Nc1ccccc1S(C)(=O)=O. The van der Waals surface area contributed by atoms with E-state index in [1.807, 2.05) is 12.1 Å². The molecule has 0 aromatic heterocycles. The zero-order chi connectivity index (χ0) is 12.9. The van der Waals surface area contributed by atoms with Gasteiger partial charge in [0.05, 0.1) is 10.6 Å². The number of rotatable bonds is 6. The monoisotopic (exact) mass is 255 g/mol. The summed E-state index contributed by atoms with van der Waals surface area (Å²) in [5.41, 5.74) is 0.707. The van der Waals surface area contributed by atoms with Gasteiger partial charge in [-0.15, -0.1) is 0 Å². The minimum Gasteiger partial charge on any atom is -0.382 e. The maximum Gasteiger partial charge on any atom is 0.177 e. The zero-order valence-corrected chi connectivity index (χ0v) is 11.5. The highest BCUT2D eigenvalue weighted by Crippen LogP contribution is 2.22. The van der Waals surface area contributed by atoms with Crippen LogP contribution < -0.4 is 5.32 Å². The molecule has 0 bridgehead atoms. The van der Waals surface area contributed by atoms with Crippen molar-refractivity contribution in [3.05, 3.63) is 24.3 Å². The van der Waals surface area contributed by atoms with Crippen LogP contribution in [0.3, 0.4) is 0 Å². The molecule has 0 aliphatic carbocycles. The van der Waals surface area contributed by atoms with Crippen LogP contribution in [0.2, 0.25) is 0 Å². The molecule has 1 aromatic carbocycles. The third-order valence-corrected chi connectivity index (χ3v) is 3.83. The first-order valence-electron chi connectivity index (χ1n) is 6.00. The fourth-order valence-electron chi connectivity index (χ4n) is 1.76. The molecule has 0 saturated carbocycles. The molecule has 1 aromatic rings. The molecule has 0 amide bonds. The summed E-state index contributed by atoms with van der Waals surface area (Å²) in [6.45, 7) is 4.23. The quantitative estimate of drug-likeness (QED) is 0.849. The molecule has 4 heteroatoms. The van der Waals surface area contributed by atoms with Gasteiger partial charge in [0.25, 0.3) is 0 Å². The molecule has 0 saturated heterocycles. The fraction of sp³-hybridized carbons (Fsp3) is 0.538. The van der Waals surface area contributed by atoms with Crippen molar-refractivity contribution in [2.24, 2.45) is 0 Å². The number of benzene rings is 1. The van der Waals surface area contributed by atoms with E-state index in [0.29, 0.717) is 10.6 Å². The van der Waals surface area contributed by atoms with Gasteiger partial charge in [0, 0.05) is 12.3 Å². The third kappa shape index (κ3) is 4.38. The lowest BCUT2D eigenvalue weighted by atomic mass is 10.1. The minimum atomic E-state index is -3.16. The number of nitrogens with one attached hydrogen (secondary N) is 1. The van der Waals surface area contributed by atoms with Crippen molar-refractivity contribution in [2.45, 2.75) is 44.0 Å². The Hall–Kier alpha value is -1.03. The molecule has 0 fully saturated rings. The van der Waals surface area contributed by atoms with E-state index in [1.54, 1.807) is 12.1 Å². The predicted molar refractivity (Wildman–Crippen MR) is 72.2 cm³/mol. The highest BCUT2D eigenvalue weighted by Gasteiger charge is 2.13. The molecule has 0 spiro atoms. The lowest BCUT2D eigenvalue weighted by Crippen LogP contribution is -2.16. The molecule has 0 aliphatic rings. The number of hydrogen-bond donors (Lipinski definition) is 1. The van der Waals surface area contributed by atoms with E-state index in [0.717, 1.165) is 19.3 Å². The molecule has 1 unspecified atom stereocenters. The molecule has 17 heavy (non-hydrogen) atoms. The molecule has 0 heterocycles. The number of unbranched alkanes of at least 4 members (excludes halogenated alkanes) is 1. The van der Waals surface area contributed by atoms with Crippen LogP contribution in [0.1, 0.15) is 33.1 Å². The van der Waals surface area contributed by atoms with Crippen molar-refractivity contribution in [1.82, 2.24) is 0 Å². The van der Waals surface area contributed by atoms with Gasteiger partial charge >= 0.3 is 0 Å². The van der Waals surface area contributed by atoms with Gasteiger partial charge in [-0.1, -0.05) is 31.9 Å². The summed E-state index contributed by atoms with van der Waals surface area (Å²) in [7, 11) is -3.16. The van der Waals surface area contributed by atoms with E-state index in [-0.39, 0.29) is 6.04 Å². The summed E-state index contributed by atoms with van der Waals surface area (Å²) < 4.78 is 23.2. The second kappa shape index (κ2) is 6.05. The molecule has 1 atom stereocenters. The Labute approximate surface area is 104 Å². The Bertz CT molecular complexity index is 454. The van der Waals surface area contributed by atoms with Gasteiger partial charge in [0.15, 0.2) is 9.84 Å². The first-order valence-corrected chi connectivity index (χ1v) is 7.90. The fourth-order valence-corrected chi connectivity index (χ4v) is 2.61. The van der Waals surface area contributed by atoms with Gasteiger partial charge in [-0.05, 0) is 25.5 Å². The van der Waals surface area contributed by atoms with E-state index >= 15 is 0 Å². The second-order valence-electron chi connectivity index (χ2n) is 4.46. The topological polar surface area (TPSA) is 46.2 Å². The molecule has 0 aliphatic heterocycles. The Morgan fingerprint density at radius 2 is 1.94 bits per heavy atom. The highest BCUT2D eigenvalue weighted by atomic mass is 32.2. The molecule has 3 nitrogen and oxygen atoms in total. The predicted octanol–water partition coefficient (Wildman–Crippen LogP) is 3.08. The first kappa shape index (κ1) is 14.0. The second-order valence-corrected chi connectivity index (χ2v) is 6.44.